The van der Waals surface area contributed by atoms with Gasteiger partial charge in [0.2, 0.25) is 0 Å². The number of likely N-dealkylation sites (tertiary alicyclic amines) is 1. The van der Waals surface area contributed by atoms with Gasteiger partial charge in [-0.3, -0.25) is 10.1 Å². The van der Waals surface area contributed by atoms with Crippen LogP contribution in [0, 0.1) is 0 Å². The lowest BCUT2D eigenvalue weighted by Gasteiger charge is -2.33. The summed E-state index contributed by atoms with van der Waals surface area (Å²) >= 11 is 0. The maximum atomic E-state index is 5.67. The number of rotatable bonds is 8. The summed E-state index contributed by atoms with van der Waals surface area (Å²) in [6, 6.07) is 6.15. The predicted molar refractivity (Wildman–Crippen MR) is 114 cm³/mol. The molecule has 0 aliphatic carbocycles. The topological polar surface area (TPSA) is 87.7 Å². The fraction of sp³-hybridized carbons (Fsp3) is 0.571. The van der Waals surface area contributed by atoms with Crippen molar-refractivity contribution in [2.75, 3.05) is 40.4 Å². The summed E-state index contributed by atoms with van der Waals surface area (Å²) in [4.78, 5) is 11.1. The third kappa shape index (κ3) is 5.62. The van der Waals surface area contributed by atoms with Crippen molar-refractivity contribution < 1.29 is 9.47 Å². The van der Waals surface area contributed by atoms with E-state index in [4.69, 9.17) is 9.47 Å². The van der Waals surface area contributed by atoms with E-state index in [0.717, 1.165) is 68.6 Å². The van der Waals surface area contributed by atoms with Crippen LogP contribution in [0.4, 0.5) is 0 Å². The fourth-order valence-corrected chi connectivity index (χ4v) is 3.75. The molecular formula is C21H32N6O2. The molecule has 1 saturated heterocycles. The molecule has 8 heteroatoms. The number of H-pyrrole nitrogens is 1. The second-order valence-electron chi connectivity index (χ2n) is 7.13. The summed E-state index contributed by atoms with van der Waals surface area (Å²) in [7, 11) is 3.52. The van der Waals surface area contributed by atoms with Crippen LogP contribution in [-0.4, -0.2) is 66.4 Å². The number of nitrogens with one attached hydrogen (secondary N) is 2. The van der Waals surface area contributed by atoms with Gasteiger partial charge >= 0.3 is 0 Å². The highest BCUT2D eigenvalue weighted by Crippen LogP contribution is 2.28. The average Bonchev–Trinajstić information content (AvgIpc) is 3.29. The molecule has 0 saturated carbocycles. The molecule has 0 bridgehead atoms. The van der Waals surface area contributed by atoms with Gasteiger partial charge in [0.05, 0.1) is 13.7 Å². The Morgan fingerprint density at radius 3 is 2.79 bits per heavy atom. The van der Waals surface area contributed by atoms with Crippen molar-refractivity contribution in [2.24, 2.45) is 4.99 Å². The zero-order valence-electron chi connectivity index (χ0n) is 17.6. The highest BCUT2D eigenvalue weighted by molar-refractivity contribution is 5.79. The number of methoxy groups -OCH3 is 1. The van der Waals surface area contributed by atoms with Gasteiger partial charge in [-0.25, -0.2) is 4.98 Å². The van der Waals surface area contributed by atoms with E-state index in [1.54, 1.807) is 13.4 Å². The van der Waals surface area contributed by atoms with Crippen molar-refractivity contribution in [1.82, 2.24) is 25.4 Å². The third-order valence-electron chi connectivity index (χ3n) is 5.28. The maximum absolute atomic E-state index is 5.67. The minimum absolute atomic E-state index is 0.460. The quantitative estimate of drug-likeness (QED) is 0.402. The number of ether oxygens (including phenoxy) is 2. The summed E-state index contributed by atoms with van der Waals surface area (Å²) < 4.78 is 11.0. The first-order valence-electron chi connectivity index (χ1n) is 10.4. The van der Waals surface area contributed by atoms with Crippen LogP contribution in [0.5, 0.6) is 11.5 Å². The predicted octanol–water partition coefficient (Wildman–Crippen LogP) is 2.60. The summed E-state index contributed by atoms with van der Waals surface area (Å²) in [5.41, 5.74) is 1.25. The Morgan fingerprint density at radius 2 is 2.14 bits per heavy atom. The molecule has 0 radical (unpaired) electrons. The molecule has 0 atom stereocenters. The minimum atomic E-state index is 0.460. The van der Waals surface area contributed by atoms with Gasteiger partial charge in [-0.15, -0.1) is 0 Å². The van der Waals surface area contributed by atoms with Gasteiger partial charge in [0, 0.05) is 32.6 Å². The first-order valence-corrected chi connectivity index (χ1v) is 10.4. The van der Waals surface area contributed by atoms with Gasteiger partial charge in [0.25, 0.3) is 0 Å². The van der Waals surface area contributed by atoms with Crippen molar-refractivity contribution >= 4 is 5.96 Å². The smallest absolute Gasteiger partial charge is 0.193 e. The Hall–Kier alpha value is -2.77. The minimum Gasteiger partial charge on any atom is -0.493 e. The van der Waals surface area contributed by atoms with Gasteiger partial charge in [-0.05, 0) is 50.3 Å². The molecule has 1 aromatic heterocycles. The van der Waals surface area contributed by atoms with Crippen molar-refractivity contribution in [3.05, 3.63) is 35.9 Å². The molecule has 158 valence electrons. The molecule has 8 nitrogen and oxygen atoms in total. The number of guanidine groups is 1. The van der Waals surface area contributed by atoms with E-state index >= 15 is 0 Å². The first kappa shape index (κ1) is 21.0. The average molecular weight is 401 g/mol. The number of piperidine rings is 1. The summed E-state index contributed by atoms with van der Waals surface area (Å²) in [6.07, 6.45) is 5.69. The van der Waals surface area contributed by atoms with E-state index in [2.05, 4.69) is 42.5 Å². The van der Waals surface area contributed by atoms with Crippen LogP contribution >= 0.6 is 0 Å². The summed E-state index contributed by atoms with van der Waals surface area (Å²) in [5.74, 6) is 4.03. The number of aromatic nitrogens is 3. The lowest BCUT2D eigenvalue weighted by atomic mass is 9.96. The zero-order valence-corrected chi connectivity index (χ0v) is 17.6. The van der Waals surface area contributed by atoms with Gasteiger partial charge in [-0.1, -0.05) is 6.07 Å². The highest BCUT2D eigenvalue weighted by atomic mass is 16.5. The number of aliphatic imine (C=N–C) groups is 1. The normalized spacial score (nSPS) is 15.4. The molecule has 2 heterocycles. The van der Waals surface area contributed by atoms with Crippen LogP contribution in [0.3, 0.4) is 0 Å². The SMILES string of the molecule is CCOc1cc(CCCNC(=NC)N2CCC(c3ncn[nH]3)CC2)ccc1OC. The maximum Gasteiger partial charge on any atom is 0.193 e. The molecule has 3 rings (SSSR count). The van der Waals surface area contributed by atoms with Gasteiger partial charge in [-0.2, -0.15) is 5.10 Å². The molecule has 0 spiro atoms. The van der Waals surface area contributed by atoms with E-state index in [1.807, 2.05) is 20.0 Å². The second kappa shape index (κ2) is 10.7. The molecule has 29 heavy (non-hydrogen) atoms. The van der Waals surface area contributed by atoms with Crippen LogP contribution in [0.15, 0.2) is 29.5 Å². The number of nitrogens with zero attached hydrogens (tertiary/aromatic N) is 4. The van der Waals surface area contributed by atoms with E-state index in [0.29, 0.717) is 12.5 Å². The van der Waals surface area contributed by atoms with E-state index < -0.39 is 0 Å². The van der Waals surface area contributed by atoms with Crippen molar-refractivity contribution in [2.45, 2.75) is 38.5 Å². The monoisotopic (exact) mass is 400 g/mol. The number of aromatic amines is 1. The Balaban J connectivity index is 1.43. The molecule has 0 amide bonds. The Bertz CT molecular complexity index is 769. The van der Waals surface area contributed by atoms with E-state index in [1.165, 1.54) is 5.56 Å². The van der Waals surface area contributed by atoms with Crippen LogP contribution in [-0.2, 0) is 6.42 Å². The molecule has 2 aromatic rings. The molecule has 1 aliphatic rings. The van der Waals surface area contributed by atoms with Gasteiger partial charge in [0.1, 0.15) is 12.2 Å². The van der Waals surface area contributed by atoms with Crippen LogP contribution in [0.1, 0.15) is 43.5 Å². The number of aryl methyl sites for hydroxylation is 1. The Morgan fingerprint density at radius 1 is 1.31 bits per heavy atom. The molecule has 1 aromatic carbocycles. The van der Waals surface area contributed by atoms with Crippen LogP contribution in [0.25, 0.3) is 0 Å². The Labute approximate surface area is 172 Å². The standard InChI is InChI=1S/C21H32N6O2/c1-4-29-19-14-16(7-8-18(19)28-3)6-5-11-23-21(22-2)27-12-9-17(10-13-27)20-24-15-25-26-20/h7-8,14-15,17H,4-6,9-13H2,1-3H3,(H,22,23)(H,24,25,26). The van der Waals surface area contributed by atoms with Crippen molar-refractivity contribution in [3.63, 3.8) is 0 Å². The largest absolute Gasteiger partial charge is 0.493 e. The van der Waals surface area contributed by atoms with Gasteiger partial charge < -0.3 is 19.7 Å². The molecule has 1 fully saturated rings. The summed E-state index contributed by atoms with van der Waals surface area (Å²) in [6.45, 7) is 5.44. The molecule has 1 aliphatic heterocycles. The van der Waals surface area contributed by atoms with E-state index in [9.17, 15) is 0 Å². The highest BCUT2D eigenvalue weighted by Gasteiger charge is 2.24. The molecular weight excluding hydrogens is 368 g/mol. The molecule has 2 N–H and O–H groups in total. The summed E-state index contributed by atoms with van der Waals surface area (Å²) in [5, 5.41) is 10.5. The van der Waals surface area contributed by atoms with Gasteiger partial charge in [0.15, 0.2) is 17.5 Å². The third-order valence-corrected chi connectivity index (χ3v) is 5.28. The second-order valence-corrected chi connectivity index (χ2v) is 7.13. The van der Waals surface area contributed by atoms with Crippen LogP contribution < -0.4 is 14.8 Å². The van der Waals surface area contributed by atoms with Crippen LogP contribution in [0.2, 0.25) is 0 Å². The Kier molecular flexibility index (Phi) is 7.72. The van der Waals surface area contributed by atoms with Crippen molar-refractivity contribution in [1.29, 1.82) is 0 Å². The zero-order chi connectivity index (χ0) is 20.5. The number of hydrogen-bond donors (Lipinski definition) is 2. The number of benzene rings is 1. The number of hydrogen-bond acceptors (Lipinski definition) is 5. The lowest BCUT2D eigenvalue weighted by Crippen LogP contribution is -2.45. The fourth-order valence-electron chi connectivity index (χ4n) is 3.75. The van der Waals surface area contributed by atoms with E-state index in [-0.39, 0.29) is 0 Å². The molecule has 0 unspecified atom stereocenters. The lowest BCUT2D eigenvalue weighted by molar-refractivity contribution is 0.299. The first-order chi connectivity index (χ1) is 14.2. The van der Waals surface area contributed by atoms with Crippen molar-refractivity contribution in [3.8, 4) is 11.5 Å².